The van der Waals surface area contributed by atoms with Crippen molar-refractivity contribution in [3.63, 3.8) is 0 Å². The van der Waals surface area contributed by atoms with Crippen molar-refractivity contribution in [1.29, 1.82) is 0 Å². The van der Waals surface area contributed by atoms with Crippen molar-refractivity contribution in [2.45, 2.75) is 64.8 Å². The van der Waals surface area contributed by atoms with Crippen LogP contribution >= 0.6 is 0 Å². The Labute approximate surface area is 116 Å². The molecular formula is C16H25NO2. The van der Waals surface area contributed by atoms with Crippen LogP contribution in [0.1, 0.15) is 63.0 Å². The van der Waals surface area contributed by atoms with Gasteiger partial charge in [-0.3, -0.25) is 10.1 Å². The van der Waals surface area contributed by atoms with Crippen LogP contribution in [0, 0.1) is 10.1 Å². The molecule has 0 aliphatic heterocycles. The molecule has 19 heavy (non-hydrogen) atoms. The van der Waals surface area contributed by atoms with Gasteiger partial charge in [0.15, 0.2) is 0 Å². The van der Waals surface area contributed by atoms with Gasteiger partial charge in [0.1, 0.15) is 0 Å². The molecule has 0 saturated heterocycles. The smallest absolute Gasteiger partial charge is 0.228 e. The van der Waals surface area contributed by atoms with E-state index in [0.29, 0.717) is 0 Å². The lowest BCUT2D eigenvalue weighted by Crippen LogP contribution is -1.98. The molecule has 1 rings (SSSR count). The summed E-state index contributed by atoms with van der Waals surface area (Å²) in [6, 6.07) is 7.80. The number of nitro groups is 1. The Morgan fingerprint density at radius 1 is 0.895 bits per heavy atom. The molecule has 1 aromatic carbocycles. The van der Waals surface area contributed by atoms with Crippen LogP contribution in [0.2, 0.25) is 0 Å². The van der Waals surface area contributed by atoms with Crippen LogP contribution in [0.5, 0.6) is 0 Å². The molecule has 0 aromatic heterocycles. The highest BCUT2D eigenvalue weighted by Crippen LogP contribution is 2.12. The Hall–Kier alpha value is -1.38. The van der Waals surface area contributed by atoms with Crippen molar-refractivity contribution in [3.8, 4) is 0 Å². The number of hydrogen-bond acceptors (Lipinski definition) is 2. The molecule has 0 amide bonds. The summed E-state index contributed by atoms with van der Waals surface area (Å²) in [5, 5.41) is 10.4. The van der Waals surface area contributed by atoms with E-state index in [4.69, 9.17) is 0 Å². The highest BCUT2D eigenvalue weighted by atomic mass is 16.6. The van der Waals surface area contributed by atoms with Crippen LogP contribution in [0.3, 0.4) is 0 Å². The molecule has 0 fully saturated rings. The molecule has 0 atom stereocenters. The molecular weight excluding hydrogens is 238 g/mol. The maximum atomic E-state index is 10.4. The van der Waals surface area contributed by atoms with Gasteiger partial charge in [-0.05, 0) is 18.4 Å². The molecule has 0 aliphatic carbocycles. The third-order valence-electron chi connectivity index (χ3n) is 3.40. The monoisotopic (exact) mass is 263 g/mol. The van der Waals surface area contributed by atoms with E-state index < -0.39 is 0 Å². The largest absolute Gasteiger partial charge is 0.264 e. The van der Waals surface area contributed by atoms with Gasteiger partial charge in [0.05, 0.1) is 0 Å². The highest BCUT2D eigenvalue weighted by Gasteiger charge is 2.01. The van der Waals surface area contributed by atoms with Crippen molar-refractivity contribution in [1.82, 2.24) is 0 Å². The summed E-state index contributed by atoms with van der Waals surface area (Å²) in [4.78, 5) is 10.1. The molecule has 3 nitrogen and oxygen atoms in total. The van der Waals surface area contributed by atoms with E-state index in [1.54, 1.807) is 0 Å². The van der Waals surface area contributed by atoms with Gasteiger partial charge >= 0.3 is 0 Å². The fraction of sp³-hybridized carbons (Fsp3) is 0.625. The fourth-order valence-electron chi connectivity index (χ4n) is 2.25. The second-order valence-corrected chi connectivity index (χ2v) is 5.18. The van der Waals surface area contributed by atoms with Gasteiger partial charge in [0.2, 0.25) is 6.54 Å². The summed E-state index contributed by atoms with van der Waals surface area (Å²) in [5.74, 6) is 0. The minimum absolute atomic E-state index is 0.0717. The third-order valence-corrected chi connectivity index (χ3v) is 3.40. The molecule has 0 aliphatic rings. The Kier molecular flexibility index (Phi) is 7.87. The van der Waals surface area contributed by atoms with E-state index in [1.165, 1.54) is 50.5 Å². The lowest BCUT2D eigenvalue weighted by Gasteiger charge is -2.03. The normalized spacial score (nSPS) is 10.6. The zero-order chi connectivity index (χ0) is 13.9. The summed E-state index contributed by atoms with van der Waals surface area (Å²) in [6.07, 6.45) is 10.3. The van der Waals surface area contributed by atoms with Crippen LogP contribution in [-0.4, -0.2) is 4.92 Å². The van der Waals surface area contributed by atoms with Crippen LogP contribution in [-0.2, 0) is 13.0 Å². The first-order valence-electron chi connectivity index (χ1n) is 7.42. The number of aryl methyl sites for hydroxylation is 1. The Morgan fingerprint density at radius 3 is 2.00 bits per heavy atom. The lowest BCUT2D eigenvalue weighted by molar-refractivity contribution is -0.496. The van der Waals surface area contributed by atoms with Gasteiger partial charge in [-0.25, -0.2) is 0 Å². The van der Waals surface area contributed by atoms with E-state index in [2.05, 4.69) is 6.92 Å². The van der Waals surface area contributed by atoms with Crippen LogP contribution in [0.4, 0.5) is 0 Å². The summed E-state index contributed by atoms with van der Waals surface area (Å²) in [5.41, 5.74) is 2.08. The Balaban J connectivity index is 2.14. The SMILES string of the molecule is CCCCCCCCCc1ccc(C[N+](=O)[O-])cc1. The van der Waals surface area contributed by atoms with Crippen molar-refractivity contribution in [3.05, 3.63) is 45.5 Å². The topological polar surface area (TPSA) is 43.1 Å². The average molecular weight is 263 g/mol. The Bertz CT molecular complexity index is 360. The minimum Gasteiger partial charge on any atom is -0.264 e. The molecule has 3 heteroatoms. The minimum atomic E-state index is -0.286. The Morgan fingerprint density at radius 2 is 1.42 bits per heavy atom. The number of nitrogens with zero attached hydrogens (tertiary/aromatic N) is 1. The zero-order valence-electron chi connectivity index (χ0n) is 11.9. The van der Waals surface area contributed by atoms with Crippen LogP contribution in [0.25, 0.3) is 0 Å². The molecule has 1 aromatic rings. The van der Waals surface area contributed by atoms with Gasteiger partial charge in [-0.1, -0.05) is 69.7 Å². The van der Waals surface area contributed by atoms with Gasteiger partial charge in [0, 0.05) is 10.5 Å². The van der Waals surface area contributed by atoms with E-state index in [9.17, 15) is 10.1 Å². The van der Waals surface area contributed by atoms with Crippen LogP contribution in [0.15, 0.2) is 24.3 Å². The van der Waals surface area contributed by atoms with Gasteiger partial charge in [-0.15, -0.1) is 0 Å². The standard InChI is InChI=1S/C16H25NO2/c1-2-3-4-5-6-7-8-9-15-10-12-16(13-11-15)14-17(18)19/h10-13H,2-9,14H2,1H3. The first-order valence-corrected chi connectivity index (χ1v) is 7.42. The quantitative estimate of drug-likeness (QED) is 0.347. The molecule has 0 saturated carbocycles. The number of hydrogen-bond donors (Lipinski definition) is 0. The zero-order valence-corrected chi connectivity index (χ0v) is 11.9. The van der Waals surface area contributed by atoms with Crippen molar-refractivity contribution < 1.29 is 4.92 Å². The second-order valence-electron chi connectivity index (χ2n) is 5.18. The molecule has 0 bridgehead atoms. The van der Waals surface area contributed by atoms with Crippen molar-refractivity contribution in [2.75, 3.05) is 0 Å². The number of benzene rings is 1. The van der Waals surface area contributed by atoms with E-state index in [0.717, 1.165) is 12.0 Å². The molecule has 0 unspecified atom stereocenters. The van der Waals surface area contributed by atoms with Gasteiger partial charge in [0.25, 0.3) is 0 Å². The number of unbranched alkanes of at least 4 members (excludes halogenated alkanes) is 6. The van der Waals surface area contributed by atoms with Crippen molar-refractivity contribution >= 4 is 0 Å². The maximum absolute atomic E-state index is 10.4. The summed E-state index contributed by atoms with van der Waals surface area (Å²) in [6.45, 7) is 2.17. The first-order chi connectivity index (χ1) is 9.22. The molecule has 0 N–H and O–H groups in total. The van der Waals surface area contributed by atoms with Crippen LogP contribution < -0.4 is 0 Å². The third kappa shape index (κ3) is 7.60. The number of rotatable bonds is 10. The van der Waals surface area contributed by atoms with Gasteiger partial charge in [-0.2, -0.15) is 0 Å². The van der Waals surface area contributed by atoms with Crippen molar-refractivity contribution in [2.24, 2.45) is 0 Å². The van der Waals surface area contributed by atoms with E-state index in [1.807, 2.05) is 24.3 Å². The molecule has 0 spiro atoms. The predicted molar refractivity (Wildman–Crippen MR) is 78.8 cm³/mol. The average Bonchev–Trinajstić information content (AvgIpc) is 2.39. The maximum Gasteiger partial charge on any atom is 0.228 e. The summed E-state index contributed by atoms with van der Waals surface area (Å²) < 4.78 is 0. The van der Waals surface area contributed by atoms with E-state index in [-0.39, 0.29) is 11.5 Å². The molecule has 0 radical (unpaired) electrons. The fourth-order valence-corrected chi connectivity index (χ4v) is 2.25. The lowest BCUT2D eigenvalue weighted by atomic mass is 10.0. The second kappa shape index (κ2) is 9.54. The predicted octanol–water partition coefficient (Wildman–Crippen LogP) is 4.76. The van der Waals surface area contributed by atoms with Gasteiger partial charge < -0.3 is 0 Å². The first kappa shape index (κ1) is 15.7. The molecule has 106 valence electrons. The van der Waals surface area contributed by atoms with E-state index >= 15 is 0 Å². The highest BCUT2D eigenvalue weighted by molar-refractivity contribution is 5.21. The summed E-state index contributed by atoms with van der Waals surface area (Å²) in [7, 11) is 0. The molecule has 0 heterocycles. The summed E-state index contributed by atoms with van der Waals surface area (Å²) >= 11 is 0.